The Morgan fingerprint density at radius 1 is 1.23 bits per heavy atom. The Labute approximate surface area is 182 Å². The number of ether oxygens (including phenoxy) is 1. The second-order valence-corrected chi connectivity index (χ2v) is 7.55. The van der Waals surface area contributed by atoms with Gasteiger partial charge in [-0.1, -0.05) is 0 Å². The average molecular weight is 434 g/mol. The van der Waals surface area contributed by atoms with Crippen molar-refractivity contribution in [2.75, 3.05) is 5.32 Å². The Morgan fingerprint density at radius 3 is 2.48 bits per heavy atom. The molecule has 1 N–H and O–H groups in total. The molecule has 0 aliphatic heterocycles. The molecule has 9 heteroatoms. The number of esters is 1. The van der Waals surface area contributed by atoms with Crippen molar-refractivity contribution in [3.8, 4) is 17.3 Å². The van der Waals surface area contributed by atoms with Gasteiger partial charge in [-0.05, 0) is 50.2 Å². The van der Waals surface area contributed by atoms with E-state index in [0.717, 1.165) is 5.56 Å². The molecule has 0 spiro atoms. The maximum atomic E-state index is 11.9. The first-order valence-electron chi connectivity index (χ1n) is 9.26. The molecule has 0 aliphatic carbocycles. The van der Waals surface area contributed by atoms with E-state index in [1.807, 2.05) is 0 Å². The first-order valence-corrected chi connectivity index (χ1v) is 10.1. The van der Waals surface area contributed by atoms with Gasteiger partial charge in [0.25, 0.3) is 5.69 Å². The molecule has 0 bridgehead atoms. The van der Waals surface area contributed by atoms with E-state index in [4.69, 9.17) is 4.74 Å². The van der Waals surface area contributed by atoms with Crippen molar-refractivity contribution in [3.63, 3.8) is 0 Å². The molecule has 3 aromatic rings. The molecule has 0 atom stereocenters. The van der Waals surface area contributed by atoms with Gasteiger partial charge in [0.05, 0.1) is 22.3 Å². The summed E-state index contributed by atoms with van der Waals surface area (Å²) >= 11 is 1.30. The number of nitro benzene ring substituents is 1. The zero-order chi connectivity index (χ0) is 22.4. The van der Waals surface area contributed by atoms with Crippen molar-refractivity contribution in [2.45, 2.75) is 20.0 Å². The molecule has 0 saturated heterocycles. The number of anilines is 1. The number of allylic oxidation sites excluding steroid dienone is 1. The van der Waals surface area contributed by atoms with Crippen LogP contribution in [0.1, 0.15) is 29.2 Å². The number of nitrogens with zero attached hydrogens (tertiary/aromatic N) is 3. The smallest absolute Gasteiger partial charge is 0.338 e. The van der Waals surface area contributed by atoms with Gasteiger partial charge in [-0.3, -0.25) is 10.1 Å². The molecule has 3 rings (SSSR count). The summed E-state index contributed by atoms with van der Waals surface area (Å²) in [5.41, 5.74) is 2.83. The SMILES string of the molecule is CC(C)OC(=O)c1ccc(NC=C(C#N)c2nc(-c3ccc([N+](=O)[O-])cc3)cs2)cc1. The van der Waals surface area contributed by atoms with Crippen LogP contribution in [0, 0.1) is 21.4 Å². The molecule has 8 nitrogen and oxygen atoms in total. The van der Waals surface area contributed by atoms with Gasteiger partial charge in [-0.25, -0.2) is 9.78 Å². The number of hydrogen-bond donors (Lipinski definition) is 1. The molecule has 0 saturated carbocycles. The van der Waals surface area contributed by atoms with Crippen molar-refractivity contribution >= 4 is 34.3 Å². The van der Waals surface area contributed by atoms with Crippen molar-refractivity contribution in [1.29, 1.82) is 5.26 Å². The first kappa shape index (κ1) is 21.7. The molecule has 2 aromatic carbocycles. The molecule has 1 aromatic heterocycles. The molecule has 0 aliphatic rings. The third-order valence-electron chi connectivity index (χ3n) is 4.08. The summed E-state index contributed by atoms with van der Waals surface area (Å²) in [4.78, 5) is 26.7. The number of nitro groups is 1. The fraction of sp³-hybridized carbons (Fsp3) is 0.136. The molecule has 31 heavy (non-hydrogen) atoms. The number of non-ortho nitro benzene ring substituents is 1. The Balaban J connectivity index is 1.72. The fourth-order valence-electron chi connectivity index (χ4n) is 2.57. The third-order valence-corrected chi connectivity index (χ3v) is 4.95. The monoisotopic (exact) mass is 434 g/mol. The molecule has 0 radical (unpaired) electrons. The number of hydrogen-bond acceptors (Lipinski definition) is 8. The van der Waals surface area contributed by atoms with Crippen LogP contribution < -0.4 is 5.32 Å². The lowest BCUT2D eigenvalue weighted by atomic mass is 10.1. The average Bonchev–Trinajstić information content (AvgIpc) is 3.24. The number of carbonyl (C=O) groups is 1. The lowest BCUT2D eigenvalue weighted by Gasteiger charge is -2.08. The summed E-state index contributed by atoms with van der Waals surface area (Å²) in [7, 11) is 0. The minimum absolute atomic E-state index is 0.00417. The minimum atomic E-state index is -0.460. The zero-order valence-corrected chi connectivity index (χ0v) is 17.6. The van der Waals surface area contributed by atoms with Gasteiger partial charge in [0.15, 0.2) is 0 Å². The molecule has 0 amide bonds. The van der Waals surface area contributed by atoms with Crippen LogP contribution in [0.25, 0.3) is 16.8 Å². The lowest BCUT2D eigenvalue weighted by Crippen LogP contribution is -2.11. The summed E-state index contributed by atoms with van der Waals surface area (Å²) in [6.07, 6.45) is 1.35. The molecular formula is C22H18N4O4S. The van der Waals surface area contributed by atoms with Gasteiger partial charge in [-0.2, -0.15) is 5.26 Å². The number of thiazole rings is 1. The van der Waals surface area contributed by atoms with E-state index in [0.29, 0.717) is 27.5 Å². The lowest BCUT2D eigenvalue weighted by molar-refractivity contribution is -0.384. The van der Waals surface area contributed by atoms with Crippen LogP contribution in [-0.4, -0.2) is 22.0 Å². The number of nitriles is 1. The zero-order valence-electron chi connectivity index (χ0n) is 16.7. The van der Waals surface area contributed by atoms with Crippen LogP contribution >= 0.6 is 11.3 Å². The number of rotatable bonds is 7. The second-order valence-electron chi connectivity index (χ2n) is 6.69. The number of carbonyl (C=O) groups excluding carboxylic acids is 1. The van der Waals surface area contributed by atoms with Crippen molar-refractivity contribution < 1.29 is 14.5 Å². The van der Waals surface area contributed by atoms with Crippen LogP contribution in [0.5, 0.6) is 0 Å². The van der Waals surface area contributed by atoms with E-state index < -0.39 is 10.9 Å². The number of benzene rings is 2. The molecular weight excluding hydrogens is 416 g/mol. The van der Waals surface area contributed by atoms with Gasteiger partial charge < -0.3 is 10.1 Å². The highest BCUT2D eigenvalue weighted by atomic mass is 32.1. The molecule has 1 heterocycles. The fourth-order valence-corrected chi connectivity index (χ4v) is 3.36. The summed E-state index contributed by atoms with van der Waals surface area (Å²) < 4.78 is 5.15. The highest BCUT2D eigenvalue weighted by molar-refractivity contribution is 7.11. The van der Waals surface area contributed by atoms with Crippen molar-refractivity contribution in [1.82, 2.24) is 4.98 Å². The quantitative estimate of drug-likeness (QED) is 0.233. The van der Waals surface area contributed by atoms with Crippen molar-refractivity contribution in [2.24, 2.45) is 0 Å². The number of aromatic nitrogens is 1. The third kappa shape index (κ3) is 5.52. The van der Waals surface area contributed by atoms with Crippen molar-refractivity contribution in [3.05, 3.63) is 80.8 Å². The Kier molecular flexibility index (Phi) is 6.74. The maximum Gasteiger partial charge on any atom is 0.338 e. The molecule has 0 unspecified atom stereocenters. The predicted molar refractivity (Wildman–Crippen MR) is 118 cm³/mol. The van der Waals surface area contributed by atoms with Gasteiger partial charge in [0, 0.05) is 35.0 Å². The van der Waals surface area contributed by atoms with Gasteiger partial charge in [0.1, 0.15) is 16.6 Å². The normalized spacial score (nSPS) is 11.1. The van der Waals surface area contributed by atoms with E-state index in [-0.39, 0.29) is 11.8 Å². The van der Waals surface area contributed by atoms with Crippen LogP contribution in [0.2, 0.25) is 0 Å². The predicted octanol–water partition coefficient (Wildman–Crippen LogP) is 5.26. The van der Waals surface area contributed by atoms with Gasteiger partial charge in [0.2, 0.25) is 0 Å². The standard InChI is InChI=1S/C22H18N4O4S/c1-14(2)30-22(27)16-3-7-18(8-4-16)24-12-17(11-23)21-25-20(13-31-21)15-5-9-19(10-6-15)26(28)29/h3-10,12-14,24H,1-2H3. The largest absolute Gasteiger partial charge is 0.459 e. The Hall–Kier alpha value is -4.03. The highest BCUT2D eigenvalue weighted by Gasteiger charge is 2.12. The van der Waals surface area contributed by atoms with Crippen LogP contribution in [0.3, 0.4) is 0 Å². The Morgan fingerprint density at radius 2 is 1.90 bits per heavy atom. The van der Waals surface area contributed by atoms with E-state index in [2.05, 4.69) is 16.4 Å². The van der Waals surface area contributed by atoms with Crippen LogP contribution in [0.4, 0.5) is 11.4 Å². The second kappa shape index (κ2) is 9.65. The van der Waals surface area contributed by atoms with Gasteiger partial charge in [-0.15, -0.1) is 11.3 Å². The summed E-state index contributed by atoms with van der Waals surface area (Å²) in [6, 6.07) is 14.9. The Bertz CT molecular complexity index is 1160. The summed E-state index contributed by atoms with van der Waals surface area (Å²) in [5.74, 6) is -0.392. The van der Waals surface area contributed by atoms with E-state index in [1.54, 1.807) is 61.8 Å². The van der Waals surface area contributed by atoms with Crippen LogP contribution in [-0.2, 0) is 4.74 Å². The van der Waals surface area contributed by atoms with Gasteiger partial charge >= 0.3 is 5.97 Å². The molecule has 156 valence electrons. The first-order chi connectivity index (χ1) is 14.9. The van der Waals surface area contributed by atoms with Crippen LogP contribution in [0.15, 0.2) is 60.1 Å². The summed E-state index contributed by atoms with van der Waals surface area (Å²) in [5, 5.41) is 25.6. The molecule has 0 fully saturated rings. The number of nitrogens with one attached hydrogen (secondary N) is 1. The summed E-state index contributed by atoms with van der Waals surface area (Å²) in [6.45, 7) is 3.57. The van der Waals surface area contributed by atoms with E-state index in [1.165, 1.54) is 23.5 Å². The van der Waals surface area contributed by atoms with E-state index >= 15 is 0 Å². The highest BCUT2D eigenvalue weighted by Crippen LogP contribution is 2.27. The minimum Gasteiger partial charge on any atom is -0.459 e. The van der Waals surface area contributed by atoms with E-state index in [9.17, 15) is 20.2 Å². The topological polar surface area (TPSA) is 118 Å². The maximum absolute atomic E-state index is 11.9.